The average molecular weight is 324 g/mol. The van der Waals surface area contributed by atoms with Crippen molar-refractivity contribution < 1.29 is 0 Å². The Labute approximate surface area is 145 Å². The van der Waals surface area contributed by atoms with Crippen molar-refractivity contribution in [1.29, 1.82) is 0 Å². The van der Waals surface area contributed by atoms with Gasteiger partial charge in [0.1, 0.15) is 0 Å². The van der Waals surface area contributed by atoms with Crippen LogP contribution >= 0.6 is 0 Å². The lowest BCUT2D eigenvalue weighted by Gasteiger charge is -2.41. The topological polar surface area (TPSA) is 9.72 Å². The van der Waals surface area contributed by atoms with Crippen molar-refractivity contribution in [1.82, 2.24) is 14.7 Å². The lowest BCUT2D eigenvalue weighted by molar-refractivity contribution is 0.0733. The average Bonchev–Trinajstić information content (AvgIpc) is 2.59. The van der Waals surface area contributed by atoms with E-state index in [1.54, 1.807) is 0 Å². The molecule has 0 bridgehead atoms. The fourth-order valence-electron chi connectivity index (χ4n) is 4.34. The summed E-state index contributed by atoms with van der Waals surface area (Å²) in [6.07, 6.45) is 6.95. The Hall–Kier alpha value is -0.120. The molecule has 2 saturated heterocycles. The summed E-state index contributed by atoms with van der Waals surface area (Å²) in [5, 5.41) is 0. The molecule has 2 unspecified atom stereocenters. The number of rotatable bonds is 7. The van der Waals surface area contributed by atoms with Crippen molar-refractivity contribution in [3.63, 3.8) is 0 Å². The van der Waals surface area contributed by atoms with Gasteiger partial charge in [-0.25, -0.2) is 0 Å². The summed E-state index contributed by atoms with van der Waals surface area (Å²) >= 11 is 0. The first-order chi connectivity index (χ1) is 11.0. The molecule has 0 N–H and O–H groups in total. The first-order valence-electron chi connectivity index (χ1n) is 10.2. The molecule has 0 radical (unpaired) electrons. The summed E-state index contributed by atoms with van der Waals surface area (Å²) in [7, 11) is 0. The van der Waals surface area contributed by atoms with Crippen molar-refractivity contribution >= 4 is 0 Å². The molecule has 3 nitrogen and oxygen atoms in total. The number of piperidine rings is 1. The van der Waals surface area contributed by atoms with Crippen LogP contribution in [-0.2, 0) is 0 Å². The summed E-state index contributed by atoms with van der Waals surface area (Å²) in [6.45, 7) is 19.6. The van der Waals surface area contributed by atoms with Crippen LogP contribution in [-0.4, -0.2) is 72.1 Å². The van der Waals surface area contributed by atoms with Gasteiger partial charge in [-0.2, -0.15) is 0 Å². The molecule has 2 aliphatic rings. The van der Waals surface area contributed by atoms with Gasteiger partial charge in [-0.3, -0.25) is 9.80 Å². The molecule has 2 fully saturated rings. The van der Waals surface area contributed by atoms with Crippen molar-refractivity contribution in [3.8, 4) is 0 Å². The summed E-state index contributed by atoms with van der Waals surface area (Å²) < 4.78 is 0. The van der Waals surface area contributed by atoms with E-state index in [-0.39, 0.29) is 0 Å². The van der Waals surface area contributed by atoms with Crippen molar-refractivity contribution in [2.45, 2.75) is 84.8 Å². The van der Waals surface area contributed by atoms with Crippen LogP contribution in [0.25, 0.3) is 0 Å². The molecule has 0 aromatic carbocycles. The van der Waals surface area contributed by atoms with E-state index in [9.17, 15) is 0 Å². The van der Waals surface area contributed by atoms with E-state index < -0.39 is 0 Å². The van der Waals surface area contributed by atoms with Crippen LogP contribution < -0.4 is 0 Å². The lowest BCUT2D eigenvalue weighted by Crippen LogP contribution is -2.51. The predicted molar refractivity (Wildman–Crippen MR) is 101 cm³/mol. The van der Waals surface area contributed by atoms with Gasteiger partial charge in [-0.05, 0) is 72.4 Å². The summed E-state index contributed by atoms with van der Waals surface area (Å²) in [4.78, 5) is 8.08. The van der Waals surface area contributed by atoms with Crippen LogP contribution in [0.1, 0.15) is 66.7 Å². The second kappa shape index (κ2) is 9.39. The normalized spacial score (nSPS) is 25.8. The van der Waals surface area contributed by atoms with Crippen molar-refractivity contribution in [2.24, 2.45) is 5.92 Å². The molecule has 3 heteroatoms. The fraction of sp³-hybridized carbons (Fsp3) is 1.00. The highest BCUT2D eigenvalue weighted by Crippen LogP contribution is 2.23. The number of hydrogen-bond acceptors (Lipinski definition) is 3. The molecule has 0 aromatic heterocycles. The standard InChI is InChI=1S/C20H41N3/c1-6-20-9-11-22(12-10-20)18(4)7-8-19(5)23-15-13-21(14-16-23)17(2)3/h17-20H,6-16H2,1-5H3. The Morgan fingerprint density at radius 2 is 1.13 bits per heavy atom. The van der Waals surface area contributed by atoms with E-state index in [0.717, 1.165) is 18.0 Å². The SMILES string of the molecule is CCC1CCN(C(C)CCC(C)N2CCN(C(C)C)CC2)CC1. The molecule has 2 heterocycles. The van der Waals surface area contributed by atoms with Crippen LogP contribution in [0.15, 0.2) is 0 Å². The largest absolute Gasteiger partial charge is 0.301 e. The first-order valence-corrected chi connectivity index (χ1v) is 10.2. The van der Waals surface area contributed by atoms with E-state index in [4.69, 9.17) is 0 Å². The molecule has 0 aliphatic carbocycles. The second-order valence-electron chi connectivity index (χ2n) is 8.33. The Bertz CT molecular complexity index is 315. The minimum atomic E-state index is 0.707. The maximum atomic E-state index is 2.75. The van der Waals surface area contributed by atoms with Gasteiger partial charge >= 0.3 is 0 Å². The third kappa shape index (κ3) is 5.72. The summed E-state index contributed by atoms with van der Waals surface area (Å²) in [5.41, 5.74) is 0. The molecule has 136 valence electrons. The molecule has 23 heavy (non-hydrogen) atoms. The monoisotopic (exact) mass is 323 g/mol. The third-order valence-electron chi connectivity index (χ3n) is 6.55. The van der Waals surface area contributed by atoms with E-state index in [1.165, 1.54) is 71.4 Å². The van der Waals surface area contributed by atoms with Crippen molar-refractivity contribution in [2.75, 3.05) is 39.3 Å². The molecule has 0 spiro atoms. The summed E-state index contributed by atoms with van der Waals surface area (Å²) in [6, 6.07) is 2.23. The molecule has 0 aromatic rings. The van der Waals surface area contributed by atoms with Gasteiger partial charge in [0.05, 0.1) is 0 Å². The Morgan fingerprint density at radius 3 is 1.57 bits per heavy atom. The lowest BCUT2D eigenvalue weighted by atomic mass is 9.93. The van der Waals surface area contributed by atoms with E-state index in [2.05, 4.69) is 49.3 Å². The second-order valence-corrected chi connectivity index (χ2v) is 8.33. The van der Waals surface area contributed by atoms with Gasteiger partial charge in [0.2, 0.25) is 0 Å². The molecule has 0 amide bonds. The third-order valence-corrected chi connectivity index (χ3v) is 6.55. The minimum absolute atomic E-state index is 0.707. The zero-order valence-corrected chi connectivity index (χ0v) is 16.4. The van der Waals surface area contributed by atoms with E-state index >= 15 is 0 Å². The van der Waals surface area contributed by atoms with Crippen LogP contribution in [0.4, 0.5) is 0 Å². The number of nitrogens with zero attached hydrogens (tertiary/aromatic N) is 3. The first kappa shape index (κ1) is 19.2. The van der Waals surface area contributed by atoms with Gasteiger partial charge in [0.25, 0.3) is 0 Å². The van der Waals surface area contributed by atoms with Crippen LogP contribution in [0, 0.1) is 5.92 Å². The summed E-state index contributed by atoms with van der Waals surface area (Å²) in [5.74, 6) is 0.995. The number of piperazine rings is 1. The Kier molecular flexibility index (Phi) is 7.84. The highest BCUT2D eigenvalue weighted by atomic mass is 15.3. The molecular weight excluding hydrogens is 282 g/mol. The number of hydrogen-bond donors (Lipinski definition) is 0. The highest BCUT2D eigenvalue weighted by Gasteiger charge is 2.25. The quantitative estimate of drug-likeness (QED) is 0.707. The zero-order chi connectivity index (χ0) is 16.8. The fourth-order valence-corrected chi connectivity index (χ4v) is 4.34. The maximum absolute atomic E-state index is 2.75. The van der Waals surface area contributed by atoms with Gasteiger partial charge in [-0.15, -0.1) is 0 Å². The molecule has 0 saturated carbocycles. The van der Waals surface area contributed by atoms with Gasteiger partial charge in [0, 0.05) is 44.3 Å². The van der Waals surface area contributed by atoms with Gasteiger partial charge in [-0.1, -0.05) is 13.3 Å². The Morgan fingerprint density at radius 1 is 0.696 bits per heavy atom. The zero-order valence-electron chi connectivity index (χ0n) is 16.4. The van der Waals surface area contributed by atoms with Crippen LogP contribution in [0.2, 0.25) is 0 Å². The molecular formula is C20H41N3. The molecule has 2 atom stereocenters. The van der Waals surface area contributed by atoms with Gasteiger partial charge in [0.15, 0.2) is 0 Å². The highest BCUT2D eigenvalue weighted by molar-refractivity contribution is 4.80. The predicted octanol–water partition coefficient (Wildman–Crippen LogP) is 3.69. The maximum Gasteiger partial charge on any atom is 0.0113 e. The molecule has 2 rings (SSSR count). The van der Waals surface area contributed by atoms with Gasteiger partial charge < -0.3 is 4.90 Å². The van der Waals surface area contributed by atoms with Crippen molar-refractivity contribution in [3.05, 3.63) is 0 Å². The number of likely N-dealkylation sites (tertiary alicyclic amines) is 1. The minimum Gasteiger partial charge on any atom is -0.301 e. The molecule has 2 aliphatic heterocycles. The van der Waals surface area contributed by atoms with Crippen LogP contribution in [0.3, 0.4) is 0 Å². The Balaban J connectivity index is 1.65. The van der Waals surface area contributed by atoms with E-state index in [0.29, 0.717) is 6.04 Å². The van der Waals surface area contributed by atoms with E-state index in [1.807, 2.05) is 0 Å². The smallest absolute Gasteiger partial charge is 0.0113 e. The van der Waals surface area contributed by atoms with Crippen LogP contribution in [0.5, 0.6) is 0 Å².